The van der Waals surface area contributed by atoms with Gasteiger partial charge in [0.2, 0.25) is 0 Å². The predicted molar refractivity (Wildman–Crippen MR) is 120 cm³/mol. The summed E-state index contributed by atoms with van der Waals surface area (Å²) in [6.45, 7) is 1.17. The second-order valence-corrected chi connectivity index (χ2v) is 7.41. The van der Waals surface area contributed by atoms with Gasteiger partial charge in [0.05, 0.1) is 15.6 Å². The first-order valence-electron chi connectivity index (χ1n) is 9.38. The fourth-order valence-electron chi connectivity index (χ4n) is 2.83. The minimum absolute atomic E-state index is 0.233. The average Bonchev–Trinajstić information content (AvgIpc) is 2.77. The largest absolute Gasteiger partial charge is 0.348 e. The fourth-order valence-corrected chi connectivity index (χ4v) is 3.22. The van der Waals surface area contributed by atoms with E-state index in [4.69, 9.17) is 23.2 Å². The van der Waals surface area contributed by atoms with Gasteiger partial charge in [-0.3, -0.25) is 4.79 Å². The van der Waals surface area contributed by atoms with Gasteiger partial charge in [-0.05, 0) is 28.8 Å². The number of urea groups is 1. The van der Waals surface area contributed by atoms with Crippen molar-refractivity contribution < 1.29 is 9.59 Å². The normalized spacial score (nSPS) is 10.3. The van der Waals surface area contributed by atoms with Crippen LogP contribution in [-0.4, -0.2) is 11.9 Å². The van der Waals surface area contributed by atoms with Gasteiger partial charge in [0, 0.05) is 19.6 Å². The Morgan fingerprint density at radius 2 is 1.23 bits per heavy atom. The summed E-state index contributed by atoms with van der Waals surface area (Å²) in [6, 6.07) is 22.0. The average molecular weight is 442 g/mol. The van der Waals surface area contributed by atoms with E-state index in [9.17, 15) is 9.59 Å². The number of hydrogen-bond acceptors (Lipinski definition) is 2. The van der Waals surface area contributed by atoms with Gasteiger partial charge in [0.25, 0.3) is 5.91 Å². The zero-order valence-electron chi connectivity index (χ0n) is 16.1. The molecule has 154 valence electrons. The van der Waals surface area contributed by atoms with Crippen LogP contribution < -0.4 is 16.0 Å². The van der Waals surface area contributed by atoms with E-state index in [0.29, 0.717) is 30.2 Å². The van der Waals surface area contributed by atoms with Gasteiger partial charge < -0.3 is 16.0 Å². The van der Waals surface area contributed by atoms with E-state index in [-0.39, 0.29) is 17.0 Å². The molecule has 30 heavy (non-hydrogen) atoms. The summed E-state index contributed by atoms with van der Waals surface area (Å²) in [4.78, 5) is 24.4. The summed E-state index contributed by atoms with van der Waals surface area (Å²) < 4.78 is 0. The van der Waals surface area contributed by atoms with Crippen molar-refractivity contribution in [3.8, 4) is 0 Å². The molecule has 0 heterocycles. The molecule has 0 bridgehead atoms. The molecule has 0 radical (unpaired) electrons. The van der Waals surface area contributed by atoms with Gasteiger partial charge in [0.1, 0.15) is 0 Å². The summed E-state index contributed by atoms with van der Waals surface area (Å²) in [5.41, 5.74) is 3.20. The lowest BCUT2D eigenvalue weighted by Crippen LogP contribution is -2.34. The number of benzene rings is 3. The minimum atomic E-state index is -0.300. The van der Waals surface area contributed by atoms with Crippen molar-refractivity contribution >= 4 is 35.1 Å². The molecule has 0 spiro atoms. The number of halogens is 2. The zero-order valence-corrected chi connectivity index (χ0v) is 17.6. The van der Waals surface area contributed by atoms with Crippen LogP contribution in [0.3, 0.4) is 0 Å². The van der Waals surface area contributed by atoms with Gasteiger partial charge in [-0.15, -0.1) is 0 Å². The summed E-state index contributed by atoms with van der Waals surface area (Å²) in [5, 5.41) is 9.05. The topological polar surface area (TPSA) is 70.2 Å². The molecule has 0 atom stereocenters. The first-order chi connectivity index (χ1) is 14.5. The lowest BCUT2D eigenvalue weighted by atomic mass is 10.1. The van der Waals surface area contributed by atoms with Crippen LogP contribution in [0.2, 0.25) is 10.0 Å². The van der Waals surface area contributed by atoms with Crippen LogP contribution in [-0.2, 0) is 19.6 Å². The van der Waals surface area contributed by atoms with Gasteiger partial charge >= 0.3 is 6.03 Å². The van der Waals surface area contributed by atoms with Gasteiger partial charge in [-0.2, -0.15) is 0 Å². The molecule has 5 nitrogen and oxygen atoms in total. The summed E-state index contributed by atoms with van der Waals surface area (Å²) in [7, 11) is 0. The SMILES string of the molecule is O=C(NCc1ccccc1)NCc1cccc(CNC(=O)c2cccc(Cl)c2Cl)c1. The molecular formula is C23H21Cl2N3O2. The highest BCUT2D eigenvalue weighted by molar-refractivity contribution is 6.43. The van der Waals surface area contributed by atoms with Gasteiger partial charge in [-0.1, -0.05) is 83.9 Å². The molecule has 0 saturated carbocycles. The molecule has 3 amide bonds. The zero-order chi connectivity index (χ0) is 21.3. The Bertz CT molecular complexity index is 1030. The number of hydrogen-bond donors (Lipinski definition) is 3. The number of nitrogens with one attached hydrogen (secondary N) is 3. The summed E-state index contributed by atoms with van der Waals surface area (Å²) >= 11 is 12.1. The molecule has 0 aromatic heterocycles. The second-order valence-electron chi connectivity index (χ2n) is 6.63. The quantitative estimate of drug-likeness (QED) is 0.486. The van der Waals surface area contributed by atoms with Crippen molar-refractivity contribution in [2.24, 2.45) is 0 Å². The molecule has 0 saturated heterocycles. The Morgan fingerprint density at radius 3 is 1.93 bits per heavy atom. The number of amides is 3. The van der Waals surface area contributed by atoms with Crippen molar-refractivity contribution in [2.75, 3.05) is 0 Å². The number of carbonyl (C=O) groups is 2. The van der Waals surface area contributed by atoms with Gasteiger partial charge in [-0.25, -0.2) is 4.79 Å². The molecular weight excluding hydrogens is 421 g/mol. The Kier molecular flexibility index (Phi) is 7.71. The van der Waals surface area contributed by atoms with E-state index >= 15 is 0 Å². The van der Waals surface area contributed by atoms with Crippen LogP contribution in [0, 0.1) is 0 Å². The maximum absolute atomic E-state index is 12.4. The van der Waals surface area contributed by atoms with Crippen molar-refractivity contribution in [1.82, 2.24) is 16.0 Å². The van der Waals surface area contributed by atoms with E-state index in [0.717, 1.165) is 16.7 Å². The Morgan fingerprint density at radius 1 is 0.667 bits per heavy atom. The third-order valence-electron chi connectivity index (χ3n) is 4.39. The third-order valence-corrected chi connectivity index (χ3v) is 5.21. The lowest BCUT2D eigenvalue weighted by molar-refractivity contribution is 0.0951. The monoisotopic (exact) mass is 441 g/mol. The van der Waals surface area contributed by atoms with E-state index in [1.54, 1.807) is 18.2 Å². The standard InChI is InChI=1S/C23H21Cl2N3O2/c24-20-11-5-10-19(21(20)25)22(29)26-14-17-8-4-9-18(12-17)15-28-23(30)27-13-16-6-2-1-3-7-16/h1-12H,13-15H2,(H,26,29)(H2,27,28,30). The summed E-state index contributed by atoms with van der Waals surface area (Å²) in [5.74, 6) is -0.300. The van der Waals surface area contributed by atoms with E-state index in [2.05, 4.69) is 16.0 Å². The van der Waals surface area contributed by atoms with Crippen molar-refractivity contribution in [3.63, 3.8) is 0 Å². The Hall–Kier alpha value is -3.02. The van der Waals surface area contributed by atoms with Crippen molar-refractivity contribution in [1.29, 1.82) is 0 Å². The molecule has 3 N–H and O–H groups in total. The first-order valence-corrected chi connectivity index (χ1v) is 10.1. The molecule has 0 unspecified atom stereocenters. The molecule has 0 aliphatic carbocycles. The van der Waals surface area contributed by atoms with Crippen LogP contribution in [0.5, 0.6) is 0 Å². The highest BCUT2D eigenvalue weighted by atomic mass is 35.5. The molecule has 0 aliphatic rings. The molecule has 3 aromatic rings. The number of rotatable bonds is 7. The first kappa shape index (κ1) is 21.7. The Balaban J connectivity index is 1.49. The van der Waals surface area contributed by atoms with E-state index in [1.807, 2.05) is 54.6 Å². The second kappa shape index (κ2) is 10.7. The fraction of sp³-hybridized carbons (Fsp3) is 0.130. The lowest BCUT2D eigenvalue weighted by Gasteiger charge is -2.10. The highest BCUT2D eigenvalue weighted by Crippen LogP contribution is 2.25. The van der Waals surface area contributed by atoms with Crippen molar-refractivity contribution in [2.45, 2.75) is 19.6 Å². The van der Waals surface area contributed by atoms with Crippen LogP contribution >= 0.6 is 23.2 Å². The molecule has 0 fully saturated rings. The predicted octanol–water partition coefficient (Wildman–Crippen LogP) is 4.92. The minimum Gasteiger partial charge on any atom is -0.348 e. The molecule has 0 aliphatic heterocycles. The third kappa shape index (κ3) is 6.24. The van der Waals surface area contributed by atoms with Crippen LogP contribution in [0.25, 0.3) is 0 Å². The van der Waals surface area contributed by atoms with Crippen molar-refractivity contribution in [3.05, 3.63) is 105 Å². The van der Waals surface area contributed by atoms with Crippen LogP contribution in [0.1, 0.15) is 27.0 Å². The molecule has 3 rings (SSSR count). The molecule has 3 aromatic carbocycles. The van der Waals surface area contributed by atoms with E-state index < -0.39 is 0 Å². The molecule has 7 heteroatoms. The number of carbonyl (C=O) groups excluding carboxylic acids is 2. The smallest absolute Gasteiger partial charge is 0.315 e. The van der Waals surface area contributed by atoms with Crippen LogP contribution in [0.15, 0.2) is 72.8 Å². The maximum Gasteiger partial charge on any atom is 0.315 e. The highest BCUT2D eigenvalue weighted by Gasteiger charge is 2.12. The van der Waals surface area contributed by atoms with Crippen LogP contribution in [0.4, 0.5) is 4.79 Å². The maximum atomic E-state index is 12.4. The van der Waals surface area contributed by atoms with Gasteiger partial charge in [0.15, 0.2) is 0 Å². The summed E-state index contributed by atoms with van der Waals surface area (Å²) in [6.07, 6.45) is 0. The van der Waals surface area contributed by atoms with E-state index in [1.165, 1.54) is 0 Å². The Labute approximate surface area is 185 Å².